The van der Waals surface area contributed by atoms with E-state index in [0.717, 1.165) is 41.6 Å². The molecule has 1 aliphatic rings. The molecule has 0 saturated carbocycles. The molecule has 0 atom stereocenters. The fourth-order valence-corrected chi connectivity index (χ4v) is 4.55. The minimum atomic E-state index is -0.722. The molecule has 2 heterocycles. The van der Waals surface area contributed by atoms with Gasteiger partial charge in [0.05, 0.1) is 17.9 Å². The maximum Gasteiger partial charge on any atom is 0.260 e. The van der Waals surface area contributed by atoms with Gasteiger partial charge in [-0.25, -0.2) is 13.8 Å². The Morgan fingerprint density at radius 1 is 1.19 bits per heavy atom. The van der Waals surface area contributed by atoms with Crippen molar-refractivity contribution in [2.24, 2.45) is 0 Å². The predicted molar refractivity (Wildman–Crippen MR) is 122 cm³/mol. The highest BCUT2D eigenvalue weighted by Gasteiger charge is 2.25. The number of hydrogen-bond donors (Lipinski definition) is 0. The Morgan fingerprint density at radius 2 is 1.94 bits per heavy atom. The lowest BCUT2D eigenvalue weighted by molar-refractivity contribution is 0.0391. The van der Waals surface area contributed by atoms with E-state index in [1.807, 2.05) is 32.0 Å². The van der Waals surface area contributed by atoms with Crippen LogP contribution in [0.4, 0.5) is 13.9 Å². The predicted octanol–water partition coefficient (Wildman–Crippen LogP) is 4.59. The summed E-state index contributed by atoms with van der Waals surface area (Å²) in [6, 6.07) is 7.79. The smallest absolute Gasteiger partial charge is 0.260 e. The molecule has 0 unspecified atom stereocenters. The standard InChI is InChI=1S/C22H23F2N3O2S.ClH/c1-14-3-4-15(2)17(11-14)21(28)27(6-5-26-7-9-29-10-8-26)22-25-20-18(24)12-16(23)13-19(20)30-22;/h3-4,11-13H,5-10H2,1-2H3;1H. The second-order valence-corrected chi connectivity index (χ2v) is 8.47. The number of morpholine rings is 1. The van der Waals surface area contributed by atoms with Gasteiger partial charge in [-0.2, -0.15) is 0 Å². The van der Waals surface area contributed by atoms with E-state index in [9.17, 15) is 13.6 Å². The number of rotatable bonds is 5. The number of thiazole rings is 1. The van der Waals surface area contributed by atoms with E-state index in [1.165, 1.54) is 6.07 Å². The van der Waals surface area contributed by atoms with Crippen LogP contribution in [-0.4, -0.2) is 55.2 Å². The SMILES string of the molecule is Cc1ccc(C)c(C(=O)N(CCN2CCOCC2)c2nc3c(F)cc(F)cc3s2)c1.Cl. The van der Waals surface area contributed by atoms with Gasteiger partial charge in [0.1, 0.15) is 11.3 Å². The summed E-state index contributed by atoms with van der Waals surface area (Å²) >= 11 is 1.12. The van der Waals surface area contributed by atoms with E-state index in [1.54, 1.807) is 4.90 Å². The highest BCUT2D eigenvalue weighted by Crippen LogP contribution is 2.32. The van der Waals surface area contributed by atoms with Gasteiger partial charge in [-0.15, -0.1) is 12.4 Å². The molecule has 0 N–H and O–H groups in total. The molecule has 5 nitrogen and oxygen atoms in total. The van der Waals surface area contributed by atoms with Gasteiger partial charge in [0.2, 0.25) is 0 Å². The minimum Gasteiger partial charge on any atom is -0.379 e. The van der Waals surface area contributed by atoms with Gasteiger partial charge in [-0.3, -0.25) is 14.6 Å². The summed E-state index contributed by atoms with van der Waals surface area (Å²) in [7, 11) is 0. The molecule has 0 radical (unpaired) electrons. The molecule has 1 aliphatic heterocycles. The van der Waals surface area contributed by atoms with Gasteiger partial charge in [-0.1, -0.05) is 29.0 Å². The van der Waals surface area contributed by atoms with E-state index in [-0.39, 0.29) is 23.8 Å². The number of hydrogen-bond acceptors (Lipinski definition) is 5. The summed E-state index contributed by atoms with van der Waals surface area (Å²) < 4.78 is 33.7. The van der Waals surface area contributed by atoms with Gasteiger partial charge in [0, 0.05) is 37.8 Å². The van der Waals surface area contributed by atoms with Crippen molar-refractivity contribution in [1.82, 2.24) is 9.88 Å². The Morgan fingerprint density at radius 3 is 2.68 bits per heavy atom. The lowest BCUT2D eigenvalue weighted by Crippen LogP contribution is -2.43. The summed E-state index contributed by atoms with van der Waals surface area (Å²) in [5.41, 5.74) is 2.51. The average Bonchev–Trinajstić information content (AvgIpc) is 3.14. The average molecular weight is 468 g/mol. The molecular weight excluding hydrogens is 444 g/mol. The van der Waals surface area contributed by atoms with Crippen LogP contribution in [0.2, 0.25) is 0 Å². The lowest BCUT2D eigenvalue weighted by atomic mass is 10.0. The monoisotopic (exact) mass is 467 g/mol. The molecule has 1 saturated heterocycles. The molecule has 0 aliphatic carbocycles. The number of carbonyl (C=O) groups is 1. The number of nitrogens with zero attached hydrogens (tertiary/aromatic N) is 3. The summed E-state index contributed by atoms with van der Waals surface area (Å²) in [5.74, 6) is -1.57. The first kappa shape index (κ1) is 23.5. The van der Waals surface area contributed by atoms with Crippen LogP contribution in [-0.2, 0) is 4.74 Å². The Bertz CT molecular complexity index is 1090. The first-order chi connectivity index (χ1) is 14.4. The van der Waals surface area contributed by atoms with Crippen molar-refractivity contribution >= 4 is 45.0 Å². The molecule has 9 heteroatoms. The van der Waals surface area contributed by atoms with Crippen molar-refractivity contribution in [1.29, 1.82) is 0 Å². The Hall–Kier alpha value is -2.13. The van der Waals surface area contributed by atoms with Gasteiger partial charge in [-0.05, 0) is 31.5 Å². The Kier molecular flexibility index (Phi) is 7.59. The molecule has 1 amide bonds. The first-order valence-corrected chi connectivity index (χ1v) is 10.7. The highest BCUT2D eigenvalue weighted by molar-refractivity contribution is 7.22. The minimum absolute atomic E-state index is 0. The highest BCUT2D eigenvalue weighted by atomic mass is 35.5. The third kappa shape index (κ3) is 5.20. The second-order valence-electron chi connectivity index (χ2n) is 7.46. The van der Waals surface area contributed by atoms with Crippen molar-refractivity contribution in [2.75, 3.05) is 44.3 Å². The van der Waals surface area contributed by atoms with E-state index in [4.69, 9.17) is 4.74 Å². The van der Waals surface area contributed by atoms with Gasteiger partial charge >= 0.3 is 0 Å². The quantitative estimate of drug-likeness (QED) is 0.550. The number of carbonyl (C=O) groups excluding carboxylic acids is 1. The zero-order valence-electron chi connectivity index (χ0n) is 17.4. The number of ether oxygens (including phenoxy) is 1. The van der Waals surface area contributed by atoms with Crippen molar-refractivity contribution in [3.05, 3.63) is 58.7 Å². The number of amides is 1. The Labute approximate surface area is 190 Å². The molecule has 166 valence electrons. The normalized spacial score (nSPS) is 14.5. The maximum absolute atomic E-state index is 14.2. The summed E-state index contributed by atoms with van der Waals surface area (Å²) in [6.07, 6.45) is 0. The number of aromatic nitrogens is 1. The lowest BCUT2D eigenvalue weighted by Gasteiger charge is -2.29. The van der Waals surface area contributed by atoms with Crippen LogP contribution in [0.25, 0.3) is 10.2 Å². The molecular formula is C22H24ClF2N3O2S. The zero-order valence-corrected chi connectivity index (χ0v) is 19.0. The summed E-state index contributed by atoms with van der Waals surface area (Å²) in [5, 5.41) is 0.369. The summed E-state index contributed by atoms with van der Waals surface area (Å²) in [6.45, 7) is 7.79. The molecule has 1 fully saturated rings. The third-order valence-corrected chi connectivity index (χ3v) is 6.27. The van der Waals surface area contributed by atoms with E-state index >= 15 is 0 Å². The van der Waals surface area contributed by atoms with Crippen LogP contribution in [0.15, 0.2) is 30.3 Å². The largest absolute Gasteiger partial charge is 0.379 e. The number of fused-ring (bicyclic) bond motifs is 1. The molecule has 31 heavy (non-hydrogen) atoms. The Balaban J connectivity index is 0.00000272. The molecule has 0 spiro atoms. The van der Waals surface area contributed by atoms with Gasteiger partial charge in [0.15, 0.2) is 10.9 Å². The summed E-state index contributed by atoms with van der Waals surface area (Å²) in [4.78, 5) is 21.7. The molecule has 4 rings (SSSR count). The first-order valence-electron chi connectivity index (χ1n) is 9.87. The van der Waals surface area contributed by atoms with Crippen LogP contribution in [0.5, 0.6) is 0 Å². The van der Waals surface area contributed by atoms with E-state index in [0.29, 0.717) is 41.7 Å². The molecule has 2 aromatic carbocycles. The van der Waals surface area contributed by atoms with Crippen LogP contribution in [0.1, 0.15) is 21.5 Å². The van der Waals surface area contributed by atoms with Crippen molar-refractivity contribution in [3.8, 4) is 0 Å². The van der Waals surface area contributed by atoms with Crippen molar-refractivity contribution in [3.63, 3.8) is 0 Å². The topological polar surface area (TPSA) is 45.7 Å². The fourth-order valence-electron chi connectivity index (χ4n) is 3.52. The third-order valence-electron chi connectivity index (χ3n) is 5.24. The zero-order chi connectivity index (χ0) is 21.3. The van der Waals surface area contributed by atoms with Crippen LogP contribution in [0.3, 0.4) is 0 Å². The van der Waals surface area contributed by atoms with E-state index in [2.05, 4.69) is 9.88 Å². The molecule has 1 aromatic heterocycles. The van der Waals surface area contributed by atoms with E-state index < -0.39 is 11.6 Å². The van der Waals surface area contributed by atoms with Crippen LogP contribution >= 0.6 is 23.7 Å². The number of anilines is 1. The van der Waals surface area contributed by atoms with Gasteiger partial charge in [0.25, 0.3) is 5.91 Å². The molecule has 0 bridgehead atoms. The maximum atomic E-state index is 14.2. The van der Waals surface area contributed by atoms with Gasteiger partial charge < -0.3 is 4.74 Å². The van der Waals surface area contributed by atoms with Crippen LogP contribution in [0, 0.1) is 25.5 Å². The number of halogens is 3. The molecule has 3 aromatic rings. The van der Waals surface area contributed by atoms with Crippen molar-refractivity contribution in [2.45, 2.75) is 13.8 Å². The number of benzene rings is 2. The second kappa shape index (κ2) is 9.99. The van der Waals surface area contributed by atoms with Crippen LogP contribution < -0.4 is 4.90 Å². The van der Waals surface area contributed by atoms with Crippen molar-refractivity contribution < 1.29 is 18.3 Å². The number of aryl methyl sites for hydroxylation is 2. The fraction of sp³-hybridized carbons (Fsp3) is 0.364.